The highest BCUT2D eigenvalue weighted by Crippen LogP contribution is 2.41. The second-order valence-corrected chi connectivity index (χ2v) is 7.67. The Hall–Kier alpha value is -3.00. The van der Waals surface area contributed by atoms with Crippen molar-refractivity contribution in [2.24, 2.45) is 0 Å². The largest absolute Gasteiger partial charge is 0.493 e. The molecule has 2 amide bonds. The molecule has 0 bridgehead atoms. The smallest absolute Gasteiger partial charge is 0.319 e. The van der Waals surface area contributed by atoms with Gasteiger partial charge in [-0.05, 0) is 42.5 Å². The van der Waals surface area contributed by atoms with Gasteiger partial charge < -0.3 is 20.1 Å². The number of carbonyl (C=O) groups is 1. The standard InChI is InChI=1S/C21H24N4O3S/c1-27-19-5-3-4-16(20(19)28-2)23-21(26)22-9-10-25-18(14-6-7-14)12-17(24-25)15-8-11-29-13-15/h3-5,8,11-14H,6-7,9-10H2,1-2H3,(H2,22,23,26). The summed E-state index contributed by atoms with van der Waals surface area (Å²) in [6, 6.07) is 9.32. The molecule has 1 saturated carbocycles. The zero-order valence-corrected chi connectivity index (χ0v) is 17.3. The third-order valence-electron chi connectivity index (χ3n) is 4.88. The first-order valence-electron chi connectivity index (χ1n) is 9.55. The molecule has 3 aromatic rings. The zero-order valence-electron chi connectivity index (χ0n) is 16.5. The van der Waals surface area contributed by atoms with Crippen molar-refractivity contribution in [3.63, 3.8) is 0 Å². The molecule has 0 radical (unpaired) electrons. The number of methoxy groups -OCH3 is 2. The number of nitrogens with one attached hydrogen (secondary N) is 2. The van der Waals surface area contributed by atoms with Crippen LogP contribution in [0.3, 0.4) is 0 Å². The Bertz CT molecular complexity index is 980. The van der Waals surface area contributed by atoms with Crippen LogP contribution in [0, 0.1) is 0 Å². The molecule has 29 heavy (non-hydrogen) atoms. The molecule has 4 rings (SSSR count). The molecule has 7 nitrogen and oxygen atoms in total. The third-order valence-corrected chi connectivity index (χ3v) is 5.57. The second-order valence-electron chi connectivity index (χ2n) is 6.89. The number of para-hydroxylation sites is 1. The van der Waals surface area contributed by atoms with E-state index in [0.717, 1.165) is 11.3 Å². The van der Waals surface area contributed by atoms with Crippen molar-refractivity contribution in [2.45, 2.75) is 25.3 Å². The number of hydrogen-bond donors (Lipinski definition) is 2. The average Bonchev–Trinajstić information content (AvgIpc) is 3.25. The first-order chi connectivity index (χ1) is 14.2. The van der Waals surface area contributed by atoms with Crippen LogP contribution in [-0.2, 0) is 6.54 Å². The van der Waals surface area contributed by atoms with Crippen molar-refractivity contribution < 1.29 is 14.3 Å². The number of carbonyl (C=O) groups excluding carboxylic acids is 1. The molecule has 0 saturated heterocycles. The van der Waals surface area contributed by atoms with Crippen molar-refractivity contribution >= 4 is 23.1 Å². The molecule has 0 aliphatic heterocycles. The van der Waals surface area contributed by atoms with Crippen LogP contribution in [0.4, 0.5) is 10.5 Å². The summed E-state index contributed by atoms with van der Waals surface area (Å²) in [5.74, 6) is 1.65. The quantitative estimate of drug-likeness (QED) is 0.577. The number of benzene rings is 1. The van der Waals surface area contributed by atoms with Crippen molar-refractivity contribution in [1.29, 1.82) is 0 Å². The molecule has 1 aliphatic rings. The number of rotatable bonds is 8. The van der Waals surface area contributed by atoms with E-state index in [1.54, 1.807) is 43.8 Å². The van der Waals surface area contributed by atoms with Crippen LogP contribution in [-0.4, -0.2) is 36.6 Å². The number of thiophene rings is 1. The minimum atomic E-state index is -0.297. The maximum Gasteiger partial charge on any atom is 0.319 e. The number of aromatic nitrogens is 2. The van der Waals surface area contributed by atoms with Crippen LogP contribution in [0.2, 0.25) is 0 Å². The number of hydrogen-bond acceptors (Lipinski definition) is 5. The number of urea groups is 1. The molecule has 2 heterocycles. The van der Waals surface area contributed by atoms with Gasteiger partial charge in [-0.15, -0.1) is 0 Å². The van der Waals surface area contributed by atoms with Gasteiger partial charge in [-0.25, -0.2) is 4.79 Å². The van der Waals surface area contributed by atoms with Crippen molar-refractivity contribution in [3.8, 4) is 22.8 Å². The summed E-state index contributed by atoms with van der Waals surface area (Å²) in [7, 11) is 3.11. The van der Waals surface area contributed by atoms with Crippen LogP contribution in [0.25, 0.3) is 11.3 Å². The average molecular weight is 413 g/mol. The van der Waals surface area contributed by atoms with Gasteiger partial charge in [-0.3, -0.25) is 4.68 Å². The normalized spacial score (nSPS) is 13.2. The molecule has 0 spiro atoms. The monoisotopic (exact) mass is 412 g/mol. The lowest BCUT2D eigenvalue weighted by Gasteiger charge is -2.14. The first-order valence-corrected chi connectivity index (χ1v) is 10.5. The highest BCUT2D eigenvalue weighted by Gasteiger charge is 2.28. The van der Waals surface area contributed by atoms with E-state index in [4.69, 9.17) is 14.6 Å². The van der Waals surface area contributed by atoms with Gasteiger partial charge in [-0.2, -0.15) is 16.4 Å². The highest BCUT2D eigenvalue weighted by molar-refractivity contribution is 7.08. The maximum atomic E-state index is 12.3. The fraction of sp³-hybridized carbons (Fsp3) is 0.333. The van der Waals surface area contributed by atoms with Crippen LogP contribution >= 0.6 is 11.3 Å². The first kappa shape index (κ1) is 19.3. The van der Waals surface area contributed by atoms with E-state index in [2.05, 4.69) is 33.5 Å². The lowest BCUT2D eigenvalue weighted by atomic mass is 10.2. The van der Waals surface area contributed by atoms with Gasteiger partial charge in [0.2, 0.25) is 0 Å². The predicted molar refractivity (Wildman–Crippen MR) is 114 cm³/mol. The fourth-order valence-corrected chi connectivity index (χ4v) is 3.95. The summed E-state index contributed by atoms with van der Waals surface area (Å²) in [5, 5.41) is 14.6. The SMILES string of the molecule is COc1cccc(NC(=O)NCCn2nc(-c3ccsc3)cc2C2CC2)c1OC. The summed E-state index contributed by atoms with van der Waals surface area (Å²) in [6.45, 7) is 1.10. The Labute approximate surface area is 173 Å². The summed E-state index contributed by atoms with van der Waals surface area (Å²) >= 11 is 1.67. The molecule has 152 valence electrons. The van der Waals surface area contributed by atoms with E-state index in [9.17, 15) is 4.79 Å². The van der Waals surface area contributed by atoms with Gasteiger partial charge in [0, 0.05) is 29.1 Å². The summed E-state index contributed by atoms with van der Waals surface area (Å²) in [4.78, 5) is 12.3. The Morgan fingerprint density at radius 1 is 1.28 bits per heavy atom. The van der Waals surface area contributed by atoms with Crippen molar-refractivity contribution in [1.82, 2.24) is 15.1 Å². The van der Waals surface area contributed by atoms with Crippen molar-refractivity contribution in [3.05, 3.63) is 46.8 Å². The van der Waals surface area contributed by atoms with E-state index >= 15 is 0 Å². The molecule has 8 heteroatoms. The van der Waals surface area contributed by atoms with Crippen LogP contribution in [0.1, 0.15) is 24.5 Å². The molecule has 1 fully saturated rings. The molecule has 1 aromatic carbocycles. The van der Waals surface area contributed by atoms with Gasteiger partial charge in [0.1, 0.15) is 0 Å². The summed E-state index contributed by atoms with van der Waals surface area (Å²) in [6.07, 6.45) is 2.41. The number of anilines is 1. The van der Waals surface area contributed by atoms with Crippen LogP contribution in [0.5, 0.6) is 11.5 Å². The van der Waals surface area contributed by atoms with Gasteiger partial charge >= 0.3 is 6.03 Å². The zero-order chi connectivity index (χ0) is 20.2. The maximum absolute atomic E-state index is 12.3. The molecule has 2 N–H and O–H groups in total. The van der Waals surface area contributed by atoms with E-state index in [1.165, 1.54) is 18.5 Å². The minimum Gasteiger partial charge on any atom is -0.493 e. The summed E-state index contributed by atoms with van der Waals surface area (Å²) in [5.41, 5.74) is 3.95. The van der Waals surface area contributed by atoms with Crippen LogP contribution in [0.15, 0.2) is 41.1 Å². The number of amides is 2. The van der Waals surface area contributed by atoms with Gasteiger partial charge in [-0.1, -0.05) is 6.07 Å². The van der Waals surface area contributed by atoms with E-state index in [0.29, 0.717) is 36.2 Å². The fourth-order valence-electron chi connectivity index (χ4n) is 3.30. The lowest BCUT2D eigenvalue weighted by molar-refractivity contribution is 0.251. The van der Waals surface area contributed by atoms with Gasteiger partial charge in [0.05, 0.1) is 32.1 Å². The Morgan fingerprint density at radius 2 is 2.14 bits per heavy atom. The molecule has 0 unspecified atom stereocenters. The molecule has 1 aliphatic carbocycles. The number of ether oxygens (including phenoxy) is 2. The molecule has 2 aromatic heterocycles. The molecular weight excluding hydrogens is 388 g/mol. The Morgan fingerprint density at radius 3 is 2.83 bits per heavy atom. The second kappa shape index (κ2) is 8.57. The van der Waals surface area contributed by atoms with Crippen LogP contribution < -0.4 is 20.1 Å². The lowest BCUT2D eigenvalue weighted by Crippen LogP contribution is -2.32. The molecular formula is C21H24N4O3S. The third kappa shape index (κ3) is 4.37. The number of nitrogens with zero attached hydrogens (tertiary/aromatic N) is 2. The highest BCUT2D eigenvalue weighted by atomic mass is 32.1. The van der Waals surface area contributed by atoms with E-state index in [-0.39, 0.29) is 6.03 Å². The van der Waals surface area contributed by atoms with E-state index < -0.39 is 0 Å². The van der Waals surface area contributed by atoms with Crippen molar-refractivity contribution in [2.75, 3.05) is 26.1 Å². The Balaban J connectivity index is 1.38. The predicted octanol–water partition coefficient (Wildman–Crippen LogP) is 4.33. The Kier molecular flexibility index (Phi) is 5.71. The van der Waals surface area contributed by atoms with Gasteiger partial charge in [0.15, 0.2) is 11.5 Å². The minimum absolute atomic E-state index is 0.297. The topological polar surface area (TPSA) is 77.4 Å². The summed E-state index contributed by atoms with van der Waals surface area (Å²) < 4.78 is 12.6. The van der Waals surface area contributed by atoms with Gasteiger partial charge in [0.25, 0.3) is 0 Å². The molecule has 0 atom stereocenters. The van der Waals surface area contributed by atoms with E-state index in [1.807, 2.05) is 4.68 Å².